The fourth-order valence-electron chi connectivity index (χ4n) is 3.37. The van der Waals surface area contributed by atoms with Gasteiger partial charge in [-0.25, -0.2) is 0 Å². The normalized spacial score (nSPS) is 23.8. The summed E-state index contributed by atoms with van der Waals surface area (Å²) < 4.78 is 6.26. The van der Waals surface area contributed by atoms with Gasteiger partial charge in [-0.05, 0) is 51.5 Å². The summed E-state index contributed by atoms with van der Waals surface area (Å²) in [6.45, 7) is 3.96. The molecule has 0 amide bonds. The molecule has 2 fully saturated rings. The Hall–Kier alpha value is -0.120. The fraction of sp³-hybridized carbons (Fsp3) is 1.00. The third-order valence-corrected chi connectivity index (χ3v) is 4.60. The van der Waals surface area contributed by atoms with Crippen molar-refractivity contribution in [2.45, 2.75) is 76.4 Å². The molecule has 0 spiro atoms. The van der Waals surface area contributed by atoms with Crippen LogP contribution >= 0.6 is 0 Å². The number of nitrogens with zero attached hydrogens (tertiary/aromatic N) is 1. The molecule has 1 saturated carbocycles. The van der Waals surface area contributed by atoms with Crippen LogP contribution in [-0.4, -0.2) is 48.5 Å². The fourth-order valence-corrected chi connectivity index (χ4v) is 3.37. The number of piperidine rings is 1. The lowest BCUT2D eigenvalue weighted by Gasteiger charge is -2.34. The van der Waals surface area contributed by atoms with Crippen LogP contribution in [0, 0.1) is 0 Å². The van der Waals surface area contributed by atoms with Crippen molar-refractivity contribution in [3.8, 4) is 0 Å². The quantitative estimate of drug-likeness (QED) is 0.721. The smallest absolute Gasteiger partial charge is 0.0603 e. The third kappa shape index (κ3) is 5.80. The summed E-state index contributed by atoms with van der Waals surface area (Å²) in [6, 6.07) is 0. The van der Waals surface area contributed by atoms with E-state index in [9.17, 15) is 0 Å². The van der Waals surface area contributed by atoms with Crippen LogP contribution in [0.1, 0.15) is 64.2 Å². The van der Waals surface area contributed by atoms with E-state index < -0.39 is 0 Å². The van der Waals surface area contributed by atoms with Crippen molar-refractivity contribution in [2.75, 3.05) is 26.2 Å². The molecule has 3 nitrogen and oxygen atoms in total. The van der Waals surface area contributed by atoms with Crippen LogP contribution in [0.3, 0.4) is 0 Å². The first kappa shape index (κ1) is 15.3. The predicted octanol–water partition coefficient (Wildman–Crippen LogP) is 2.96. The van der Waals surface area contributed by atoms with E-state index >= 15 is 0 Å². The highest BCUT2D eigenvalue weighted by Gasteiger charge is 2.23. The van der Waals surface area contributed by atoms with Gasteiger partial charge >= 0.3 is 0 Å². The van der Waals surface area contributed by atoms with Gasteiger partial charge in [-0.1, -0.05) is 19.3 Å². The molecule has 0 aromatic heterocycles. The summed E-state index contributed by atoms with van der Waals surface area (Å²) >= 11 is 0. The minimum atomic E-state index is 0.345. The van der Waals surface area contributed by atoms with Gasteiger partial charge < -0.3 is 14.7 Å². The SMILES string of the molecule is OCCCCCN1CCC(OC2CCCCC2)CC1. The Labute approximate surface area is 118 Å². The van der Waals surface area contributed by atoms with Crippen molar-refractivity contribution in [1.82, 2.24) is 4.90 Å². The second-order valence-electron chi connectivity index (χ2n) is 6.22. The van der Waals surface area contributed by atoms with Gasteiger partial charge in [0, 0.05) is 19.7 Å². The first-order valence-electron chi connectivity index (χ1n) is 8.37. The summed E-state index contributed by atoms with van der Waals surface area (Å²) in [5.41, 5.74) is 0. The Morgan fingerprint density at radius 3 is 2.21 bits per heavy atom. The third-order valence-electron chi connectivity index (χ3n) is 4.60. The highest BCUT2D eigenvalue weighted by Crippen LogP contribution is 2.24. The van der Waals surface area contributed by atoms with E-state index in [1.807, 2.05) is 0 Å². The topological polar surface area (TPSA) is 32.7 Å². The zero-order chi connectivity index (χ0) is 13.3. The monoisotopic (exact) mass is 269 g/mol. The number of likely N-dealkylation sites (tertiary alicyclic amines) is 1. The minimum absolute atomic E-state index is 0.345. The number of rotatable bonds is 7. The van der Waals surface area contributed by atoms with Crippen molar-refractivity contribution < 1.29 is 9.84 Å². The predicted molar refractivity (Wildman–Crippen MR) is 78.4 cm³/mol. The molecule has 0 atom stereocenters. The van der Waals surface area contributed by atoms with E-state index in [2.05, 4.69) is 4.90 Å². The second-order valence-corrected chi connectivity index (χ2v) is 6.22. The van der Waals surface area contributed by atoms with Crippen molar-refractivity contribution in [3.05, 3.63) is 0 Å². The van der Waals surface area contributed by atoms with Crippen LogP contribution in [-0.2, 0) is 4.74 Å². The first-order chi connectivity index (χ1) is 9.38. The second kappa shape index (κ2) is 8.93. The lowest BCUT2D eigenvalue weighted by Crippen LogP contribution is -2.39. The molecule has 0 aromatic rings. The summed E-state index contributed by atoms with van der Waals surface area (Å²) in [5, 5.41) is 8.76. The van der Waals surface area contributed by atoms with Crippen LogP contribution in [0.2, 0.25) is 0 Å². The first-order valence-corrected chi connectivity index (χ1v) is 8.37. The number of unbranched alkanes of at least 4 members (excludes halogenated alkanes) is 2. The molecule has 1 N–H and O–H groups in total. The van der Waals surface area contributed by atoms with Gasteiger partial charge in [-0.2, -0.15) is 0 Å². The van der Waals surface area contributed by atoms with Crippen LogP contribution < -0.4 is 0 Å². The zero-order valence-corrected chi connectivity index (χ0v) is 12.4. The van der Waals surface area contributed by atoms with Gasteiger partial charge in [-0.15, -0.1) is 0 Å². The average Bonchev–Trinajstić information content (AvgIpc) is 2.46. The summed E-state index contributed by atoms with van der Waals surface area (Å²) in [6.07, 6.45) is 13.6. The average molecular weight is 269 g/mol. The zero-order valence-electron chi connectivity index (χ0n) is 12.4. The molecule has 1 aliphatic heterocycles. The van der Waals surface area contributed by atoms with E-state index in [1.165, 1.54) is 71.0 Å². The van der Waals surface area contributed by atoms with E-state index in [0.29, 0.717) is 18.8 Å². The van der Waals surface area contributed by atoms with Crippen molar-refractivity contribution in [1.29, 1.82) is 0 Å². The van der Waals surface area contributed by atoms with E-state index in [-0.39, 0.29) is 0 Å². The summed E-state index contributed by atoms with van der Waals surface area (Å²) in [4.78, 5) is 2.57. The molecule has 2 rings (SSSR count). The van der Waals surface area contributed by atoms with Crippen LogP contribution in [0.5, 0.6) is 0 Å². The summed E-state index contributed by atoms with van der Waals surface area (Å²) in [5.74, 6) is 0. The molecule has 1 heterocycles. The van der Waals surface area contributed by atoms with E-state index in [1.54, 1.807) is 0 Å². The molecule has 3 heteroatoms. The van der Waals surface area contributed by atoms with Crippen LogP contribution in [0.15, 0.2) is 0 Å². The Kier molecular flexibility index (Phi) is 7.18. The van der Waals surface area contributed by atoms with E-state index in [4.69, 9.17) is 9.84 Å². The highest BCUT2D eigenvalue weighted by molar-refractivity contribution is 4.75. The highest BCUT2D eigenvalue weighted by atomic mass is 16.5. The maximum Gasteiger partial charge on any atom is 0.0603 e. The van der Waals surface area contributed by atoms with Gasteiger partial charge in [0.15, 0.2) is 0 Å². The molecule has 112 valence electrons. The number of hydrogen-bond donors (Lipinski definition) is 1. The molecule has 0 bridgehead atoms. The Bertz CT molecular complexity index is 221. The molecule has 2 aliphatic rings. The van der Waals surface area contributed by atoms with Crippen molar-refractivity contribution in [3.63, 3.8) is 0 Å². The Balaban J connectivity index is 1.54. The molecular weight excluding hydrogens is 238 g/mol. The van der Waals surface area contributed by atoms with Gasteiger partial charge in [0.25, 0.3) is 0 Å². The standard InChI is InChI=1S/C16H31NO2/c18-14-6-2-5-11-17-12-9-16(10-13-17)19-15-7-3-1-4-8-15/h15-16,18H,1-14H2. The van der Waals surface area contributed by atoms with Crippen LogP contribution in [0.4, 0.5) is 0 Å². The van der Waals surface area contributed by atoms with Crippen molar-refractivity contribution in [2.24, 2.45) is 0 Å². The largest absolute Gasteiger partial charge is 0.396 e. The van der Waals surface area contributed by atoms with Crippen molar-refractivity contribution >= 4 is 0 Å². The maximum absolute atomic E-state index is 8.76. The number of aliphatic hydroxyl groups is 1. The summed E-state index contributed by atoms with van der Waals surface area (Å²) in [7, 11) is 0. The van der Waals surface area contributed by atoms with Gasteiger partial charge in [0.2, 0.25) is 0 Å². The molecule has 1 aliphatic carbocycles. The van der Waals surface area contributed by atoms with Crippen LogP contribution in [0.25, 0.3) is 0 Å². The molecule has 0 unspecified atom stereocenters. The lowest BCUT2D eigenvalue weighted by atomic mass is 9.97. The molecule has 1 saturated heterocycles. The Morgan fingerprint density at radius 2 is 1.53 bits per heavy atom. The number of hydrogen-bond acceptors (Lipinski definition) is 3. The number of ether oxygens (including phenoxy) is 1. The lowest BCUT2D eigenvalue weighted by molar-refractivity contribution is -0.0558. The maximum atomic E-state index is 8.76. The van der Waals surface area contributed by atoms with Gasteiger partial charge in [0.05, 0.1) is 12.2 Å². The minimum Gasteiger partial charge on any atom is -0.396 e. The Morgan fingerprint density at radius 1 is 0.842 bits per heavy atom. The number of aliphatic hydroxyl groups excluding tert-OH is 1. The molecule has 19 heavy (non-hydrogen) atoms. The van der Waals surface area contributed by atoms with E-state index in [0.717, 1.165) is 12.8 Å². The molecule has 0 aromatic carbocycles. The van der Waals surface area contributed by atoms with Gasteiger partial charge in [0.1, 0.15) is 0 Å². The molecule has 0 radical (unpaired) electrons. The van der Waals surface area contributed by atoms with Gasteiger partial charge in [-0.3, -0.25) is 0 Å². The molecular formula is C16H31NO2.